The van der Waals surface area contributed by atoms with Crippen molar-refractivity contribution < 1.29 is 19.7 Å². The fraction of sp³-hybridized carbons (Fsp3) is 0.133. The topological polar surface area (TPSA) is 83.6 Å². The second-order valence-corrected chi connectivity index (χ2v) is 10.1. The second-order valence-electron chi connectivity index (χ2n) is 8.52. The van der Waals surface area contributed by atoms with E-state index in [0.717, 1.165) is 0 Å². The number of phenolic OH excluding ortho intramolecular Hbond substituents is 2. The molecule has 206 valence electrons. The minimum atomic E-state index is -0.932. The SMILES string of the molecule is COc1ccc(Cl)c([C@H](N=Cc2ccccc2O)[C@@H](N=Cc2ccccc2O)c2c(Cl)ccc(OC)c2Cl)c1Cl. The van der Waals surface area contributed by atoms with Gasteiger partial charge in [0.15, 0.2) is 0 Å². The maximum atomic E-state index is 10.4. The first-order chi connectivity index (χ1) is 19.3. The summed E-state index contributed by atoms with van der Waals surface area (Å²) >= 11 is 27.1. The Morgan fingerprint density at radius 2 is 0.975 bits per heavy atom. The van der Waals surface area contributed by atoms with E-state index in [-0.39, 0.29) is 21.5 Å². The lowest BCUT2D eigenvalue weighted by molar-refractivity contribution is 0.412. The van der Waals surface area contributed by atoms with Crippen molar-refractivity contribution in [3.8, 4) is 23.0 Å². The van der Waals surface area contributed by atoms with Crippen molar-refractivity contribution in [3.05, 3.63) is 115 Å². The van der Waals surface area contributed by atoms with Gasteiger partial charge in [0.1, 0.15) is 35.1 Å². The van der Waals surface area contributed by atoms with Crippen LogP contribution in [-0.2, 0) is 0 Å². The van der Waals surface area contributed by atoms with E-state index in [1.54, 1.807) is 72.8 Å². The quantitative estimate of drug-likeness (QED) is 0.184. The Bertz CT molecular complexity index is 1460. The maximum Gasteiger partial charge on any atom is 0.137 e. The number of hydrogen-bond donors (Lipinski definition) is 2. The van der Waals surface area contributed by atoms with Gasteiger partial charge >= 0.3 is 0 Å². The number of methoxy groups -OCH3 is 2. The molecule has 0 saturated heterocycles. The molecule has 0 heterocycles. The zero-order valence-corrected chi connectivity index (χ0v) is 24.4. The van der Waals surface area contributed by atoms with E-state index in [9.17, 15) is 10.2 Å². The summed E-state index contributed by atoms with van der Waals surface area (Å²) in [5.41, 5.74) is 1.69. The third kappa shape index (κ3) is 6.31. The van der Waals surface area contributed by atoms with Crippen LogP contribution in [0.4, 0.5) is 0 Å². The van der Waals surface area contributed by atoms with Crippen molar-refractivity contribution in [2.24, 2.45) is 9.98 Å². The Morgan fingerprint density at radius 1 is 0.600 bits per heavy atom. The summed E-state index contributed by atoms with van der Waals surface area (Å²) in [6.07, 6.45) is 2.99. The minimum Gasteiger partial charge on any atom is -0.507 e. The Hall–Kier alpha value is -3.42. The number of hydrogen-bond acceptors (Lipinski definition) is 6. The van der Waals surface area contributed by atoms with Gasteiger partial charge in [0.2, 0.25) is 0 Å². The predicted molar refractivity (Wildman–Crippen MR) is 163 cm³/mol. The van der Waals surface area contributed by atoms with Crippen molar-refractivity contribution in [3.63, 3.8) is 0 Å². The van der Waals surface area contributed by atoms with E-state index in [4.69, 9.17) is 65.9 Å². The monoisotopic (exact) mass is 616 g/mol. The molecule has 40 heavy (non-hydrogen) atoms. The second kappa shape index (κ2) is 13.3. The molecule has 0 aliphatic rings. The zero-order chi connectivity index (χ0) is 28.8. The highest BCUT2D eigenvalue weighted by Crippen LogP contribution is 2.49. The van der Waals surface area contributed by atoms with Crippen LogP contribution in [0.1, 0.15) is 34.3 Å². The molecular weight excluding hydrogens is 594 g/mol. The first-order valence-corrected chi connectivity index (χ1v) is 13.4. The summed E-state index contributed by atoms with van der Waals surface area (Å²) in [4.78, 5) is 9.65. The van der Waals surface area contributed by atoms with Gasteiger partial charge in [-0.1, -0.05) is 70.7 Å². The van der Waals surface area contributed by atoms with Crippen LogP contribution in [0, 0.1) is 0 Å². The summed E-state index contributed by atoms with van der Waals surface area (Å²) in [6, 6.07) is 18.2. The molecule has 0 fully saturated rings. The van der Waals surface area contributed by atoms with Crippen LogP contribution in [0.2, 0.25) is 20.1 Å². The lowest BCUT2D eigenvalue weighted by atomic mass is 9.93. The number of aromatic hydroxyl groups is 2. The van der Waals surface area contributed by atoms with Crippen LogP contribution in [-0.4, -0.2) is 36.9 Å². The molecule has 0 aliphatic heterocycles. The molecule has 0 bridgehead atoms. The average molecular weight is 618 g/mol. The van der Waals surface area contributed by atoms with E-state index >= 15 is 0 Å². The van der Waals surface area contributed by atoms with Gasteiger partial charge in [-0.25, -0.2) is 0 Å². The molecule has 10 heteroatoms. The van der Waals surface area contributed by atoms with Crippen LogP contribution >= 0.6 is 46.4 Å². The van der Waals surface area contributed by atoms with Crippen molar-refractivity contribution in [2.75, 3.05) is 14.2 Å². The number of aliphatic imine (C=N–C) groups is 2. The molecule has 0 spiro atoms. The van der Waals surface area contributed by atoms with Gasteiger partial charge in [0.25, 0.3) is 0 Å². The Kier molecular flexibility index (Phi) is 9.82. The number of halogens is 4. The van der Waals surface area contributed by atoms with Crippen LogP contribution in [0.3, 0.4) is 0 Å². The van der Waals surface area contributed by atoms with Crippen molar-refractivity contribution in [1.82, 2.24) is 0 Å². The highest BCUT2D eigenvalue weighted by molar-refractivity contribution is 6.38. The third-order valence-electron chi connectivity index (χ3n) is 6.13. The lowest BCUT2D eigenvalue weighted by Gasteiger charge is -2.26. The normalized spacial score (nSPS) is 13.1. The van der Waals surface area contributed by atoms with Gasteiger partial charge < -0.3 is 19.7 Å². The Balaban J connectivity index is 2.03. The Labute approximate surface area is 252 Å². The van der Waals surface area contributed by atoms with E-state index in [0.29, 0.717) is 43.8 Å². The molecule has 0 unspecified atom stereocenters. The summed E-state index contributed by atoms with van der Waals surface area (Å²) in [6.45, 7) is 0. The fourth-order valence-corrected chi connectivity index (χ4v) is 5.44. The van der Waals surface area contributed by atoms with E-state index in [1.807, 2.05) is 0 Å². The minimum absolute atomic E-state index is 0.0274. The summed E-state index contributed by atoms with van der Waals surface area (Å²) in [5.74, 6) is 0.796. The number of rotatable bonds is 9. The largest absolute Gasteiger partial charge is 0.507 e. The van der Waals surface area contributed by atoms with Crippen molar-refractivity contribution >= 4 is 58.8 Å². The van der Waals surface area contributed by atoms with E-state index in [2.05, 4.69) is 0 Å². The molecule has 2 atom stereocenters. The van der Waals surface area contributed by atoms with Crippen LogP contribution in [0.5, 0.6) is 23.0 Å². The molecule has 0 saturated carbocycles. The van der Waals surface area contributed by atoms with Crippen LogP contribution in [0.25, 0.3) is 0 Å². The molecule has 4 rings (SSSR count). The van der Waals surface area contributed by atoms with Crippen molar-refractivity contribution in [1.29, 1.82) is 0 Å². The zero-order valence-electron chi connectivity index (χ0n) is 21.4. The number of phenols is 2. The van der Waals surface area contributed by atoms with Gasteiger partial charge in [-0.05, 0) is 48.5 Å². The van der Waals surface area contributed by atoms with Gasteiger partial charge in [-0.3, -0.25) is 9.98 Å². The molecule has 2 N–H and O–H groups in total. The first kappa shape index (κ1) is 29.6. The summed E-state index contributed by atoms with van der Waals surface area (Å²) < 4.78 is 10.9. The molecular formula is C30H24Cl4N2O4. The van der Waals surface area contributed by atoms with Crippen molar-refractivity contribution in [2.45, 2.75) is 12.1 Å². The molecule has 6 nitrogen and oxygen atoms in total. The third-order valence-corrected chi connectivity index (χ3v) is 7.57. The highest BCUT2D eigenvalue weighted by atomic mass is 35.5. The molecule has 0 amide bonds. The van der Waals surface area contributed by atoms with Crippen LogP contribution < -0.4 is 9.47 Å². The molecule has 0 aromatic heterocycles. The molecule has 4 aromatic rings. The number of benzene rings is 4. The maximum absolute atomic E-state index is 10.4. The molecule has 0 aliphatic carbocycles. The average Bonchev–Trinajstić information content (AvgIpc) is 2.94. The predicted octanol–water partition coefficient (Wildman–Crippen LogP) is 8.75. The lowest BCUT2D eigenvalue weighted by Crippen LogP contribution is -2.12. The first-order valence-electron chi connectivity index (χ1n) is 11.9. The summed E-state index contributed by atoms with van der Waals surface area (Å²) in [5, 5.41) is 21.8. The van der Waals surface area contributed by atoms with Gasteiger partial charge in [-0.15, -0.1) is 0 Å². The molecule has 0 radical (unpaired) electrons. The fourth-order valence-electron chi connectivity index (χ4n) is 4.10. The van der Waals surface area contributed by atoms with Gasteiger partial charge in [0.05, 0.1) is 24.3 Å². The number of nitrogens with zero attached hydrogens (tertiary/aromatic N) is 2. The number of para-hydroxylation sites is 2. The summed E-state index contributed by atoms with van der Waals surface area (Å²) in [7, 11) is 2.98. The standard InChI is InChI=1S/C30H24Cl4N2O4/c1-39-23-13-11-19(31)25(27(23)33)29(35-15-17-7-3-5-9-21(17)37)30(36-16-18-8-4-6-10-22(18)38)26-20(32)12-14-24(40-2)28(26)34/h3-16,29-30,37-38H,1-2H3/t29-,30-/m0/s1. The number of ether oxygens (including phenoxy) is 2. The van der Waals surface area contributed by atoms with Gasteiger partial charge in [-0.2, -0.15) is 0 Å². The van der Waals surface area contributed by atoms with Crippen LogP contribution in [0.15, 0.2) is 82.8 Å². The highest BCUT2D eigenvalue weighted by Gasteiger charge is 2.33. The smallest absolute Gasteiger partial charge is 0.137 e. The van der Waals surface area contributed by atoms with E-state index < -0.39 is 12.1 Å². The Morgan fingerprint density at radius 3 is 1.32 bits per heavy atom. The van der Waals surface area contributed by atoms with E-state index in [1.165, 1.54) is 26.6 Å². The molecule has 4 aromatic carbocycles. The van der Waals surface area contributed by atoms with Gasteiger partial charge in [0, 0.05) is 44.7 Å².